The Morgan fingerprint density at radius 3 is 2.57 bits per heavy atom. The summed E-state index contributed by atoms with van der Waals surface area (Å²) >= 11 is 0. The van der Waals surface area contributed by atoms with Gasteiger partial charge in [0.2, 0.25) is 5.91 Å². The molecule has 1 aromatic heterocycles. The van der Waals surface area contributed by atoms with Crippen LogP contribution in [0.2, 0.25) is 0 Å². The van der Waals surface area contributed by atoms with Crippen molar-refractivity contribution in [1.29, 1.82) is 0 Å². The molecule has 0 saturated carbocycles. The van der Waals surface area contributed by atoms with Gasteiger partial charge >= 0.3 is 6.03 Å². The molecule has 28 heavy (non-hydrogen) atoms. The van der Waals surface area contributed by atoms with Crippen molar-refractivity contribution in [3.05, 3.63) is 54.4 Å². The number of amides is 3. The molecule has 7 nitrogen and oxygen atoms in total. The van der Waals surface area contributed by atoms with Crippen LogP contribution in [0.15, 0.2) is 48.8 Å². The predicted molar refractivity (Wildman–Crippen MR) is 107 cm³/mol. The summed E-state index contributed by atoms with van der Waals surface area (Å²) in [6, 6.07) is 11.7. The van der Waals surface area contributed by atoms with Crippen molar-refractivity contribution in [3.63, 3.8) is 0 Å². The van der Waals surface area contributed by atoms with Crippen LogP contribution in [0.3, 0.4) is 0 Å². The van der Waals surface area contributed by atoms with Crippen molar-refractivity contribution in [2.45, 2.75) is 32.9 Å². The van der Waals surface area contributed by atoms with Crippen LogP contribution in [0.1, 0.15) is 25.3 Å². The first-order valence-corrected chi connectivity index (χ1v) is 9.93. The highest BCUT2D eigenvalue weighted by Crippen LogP contribution is 2.17. The Bertz CT molecular complexity index is 739. The predicted octanol–water partition coefficient (Wildman–Crippen LogP) is 2.26. The Hall–Kier alpha value is -2.83. The number of nitrogens with one attached hydrogen (secondary N) is 2. The zero-order chi connectivity index (χ0) is 19.8. The third-order valence-corrected chi connectivity index (χ3v) is 5.12. The van der Waals surface area contributed by atoms with Gasteiger partial charge in [-0.2, -0.15) is 5.10 Å². The van der Waals surface area contributed by atoms with E-state index in [0.29, 0.717) is 44.9 Å². The Balaban J connectivity index is 1.34. The van der Waals surface area contributed by atoms with Crippen LogP contribution in [-0.2, 0) is 17.9 Å². The van der Waals surface area contributed by atoms with E-state index in [2.05, 4.69) is 22.7 Å². The maximum absolute atomic E-state index is 12.4. The molecule has 1 saturated heterocycles. The minimum Gasteiger partial charge on any atom is -0.352 e. The van der Waals surface area contributed by atoms with E-state index in [1.165, 1.54) is 0 Å². The highest BCUT2D eigenvalue weighted by Gasteiger charge is 2.27. The number of carbonyl (C=O) groups excluding carboxylic acids is 2. The van der Waals surface area contributed by atoms with Gasteiger partial charge in [-0.1, -0.05) is 37.3 Å². The molecule has 3 rings (SSSR count). The largest absolute Gasteiger partial charge is 0.352 e. The molecule has 1 aliphatic heterocycles. The number of piperidine rings is 1. The van der Waals surface area contributed by atoms with Gasteiger partial charge in [0.1, 0.15) is 0 Å². The Morgan fingerprint density at radius 1 is 1.14 bits per heavy atom. The molecule has 1 fully saturated rings. The number of nitrogens with zero attached hydrogens (tertiary/aromatic N) is 3. The summed E-state index contributed by atoms with van der Waals surface area (Å²) in [7, 11) is 0. The molecule has 3 amide bonds. The first-order chi connectivity index (χ1) is 13.6. The Morgan fingerprint density at radius 2 is 1.89 bits per heavy atom. The van der Waals surface area contributed by atoms with Gasteiger partial charge in [-0.3, -0.25) is 9.48 Å². The highest BCUT2D eigenvalue weighted by molar-refractivity contribution is 5.79. The molecular weight excluding hydrogens is 354 g/mol. The van der Waals surface area contributed by atoms with Crippen molar-refractivity contribution in [2.75, 3.05) is 19.6 Å². The van der Waals surface area contributed by atoms with Gasteiger partial charge in [0, 0.05) is 51.0 Å². The molecule has 0 radical (unpaired) electrons. The number of carbonyl (C=O) groups is 2. The van der Waals surface area contributed by atoms with Crippen LogP contribution in [-0.4, -0.2) is 46.3 Å². The third kappa shape index (κ3) is 5.84. The lowest BCUT2D eigenvalue weighted by Crippen LogP contribution is -2.47. The molecule has 150 valence electrons. The van der Waals surface area contributed by atoms with E-state index in [1.807, 2.05) is 52.2 Å². The zero-order valence-corrected chi connectivity index (χ0v) is 16.4. The molecule has 7 heteroatoms. The topological polar surface area (TPSA) is 79.3 Å². The van der Waals surface area contributed by atoms with E-state index in [-0.39, 0.29) is 17.9 Å². The second-order valence-electron chi connectivity index (χ2n) is 7.48. The fourth-order valence-corrected chi connectivity index (χ4v) is 3.44. The van der Waals surface area contributed by atoms with E-state index in [4.69, 9.17) is 0 Å². The van der Waals surface area contributed by atoms with Crippen LogP contribution in [0.5, 0.6) is 0 Å². The highest BCUT2D eigenvalue weighted by atomic mass is 16.2. The quantitative estimate of drug-likeness (QED) is 0.770. The molecule has 2 heterocycles. The Labute approximate surface area is 166 Å². The van der Waals surface area contributed by atoms with Gasteiger partial charge in [-0.25, -0.2) is 4.79 Å². The molecular formula is C21H29N5O2. The summed E-state index contributed by atoms with van der Waals surface area (Å²) < 4.78 is 1.87. The van der Waals surface area contributed by atoms with E-state index >= 15 is 0 Å². The lowest BCUT2D eigenvalue weighted by molar-refractivity contribution is -0.126. The van der Waals surface area contributed by atoms with E-state index in [1.54, 1.807) is 6.20 Å². The first kappa shape index (κ1) is 19.9. The van der Waals surface area contributed by atoms with Crippen molar-refractivity contribution in [3.8, 4) is 0 Å². The zero-order valence-electron chi connectivity index (χ0n) is 16.4. The van der Waals surface area contributed by atoms with Crippen molar-refractivity contribution in [2.24, 2.45) is 11.8 Å². The van der Waals surface area contributed by atoms with Crippen LogP contribution in [0.4, 0.5) is 4.79 Å². The van der Waals surface area contributed by atoms with E-state index in [0.717, 1.165) is 12.1 Å². The summed E-state index contributed by atoms with van der Waals surface area (Å²) in [5.74, 6) is 0.355. The van der Waals surface area contributed by atoms with Gasteiger partial charge in [-0.05, 0) is 30.4 Å². The first-order valence-electron chi connectivity index (χ1n) is 9.93. The number of hydrogen-bond donors (Lipinski definition) is 2. The summed E-state index contributed by atoms with van der Waals surface area (Å²) in [5.41, 5.74) is 1.09. The van der Waals surface area contributed by atoms with Crippen LogP contribution < -0.4 is 10.6 Å². The number of benzene rings is 1. The second-order valence-corrected chi connectivity index (χ2v) is 7.48. The van der Waals surface area contributed by atoms with Crippen molar-refractivity contribution < 1.29 is 9.59 Å². The molecule has 0 spiro atoms. The molecule has 1 unspecified atom stereocenters. The average Bonchev–Trinajstić information content (AvgIpc) is 3.24. The third-order valence-electron chi connectivity index (χ3n) is 5.12. The van der Waals surface area contributed by atoms with Gasteiger partial charge < -0.3 is 15.5 Å². The number of urea groups is 1. The maximum atomic E-state index is 12.4. The lowest BCUT2D eigenvalue weighted by atomic mass is 9.96. The molecule has 1 atom stereocenters. The monoisotopic (exact) mass is 383 g/mol. The van der Waals surface area contributed by atoms with Gasteiger partial charge in [0.05, 0.1) is 0 Å². The Kier molecular flexibility index (Phi) is 7.06. The van der Waals surface area contributed by atoms with Crippen LogP contribution >= 0.6 is 0 Å². The normalized spacial score (nSPS) is 15.8. The maximum Gasteiger partial charge on any atom is 0.317 e. The summed E-state index contributed by atoms with van der Waals surface area (Å²) in [6.07, 6.45) is 5.09. The molecule has 0 aliphatic carbocycles. The molecule has 0 bridgehead atoms. The number of aromatic nitrogens is 2. The van der Waals surface area contributed by atoms with E-state index in [9.17, 15) is 9.59 Å². The summed E-state index contributed by atoms with van der Waals surface area (Å²) in [4.78, 5) is 26.6. The standard InChI is InChI=1S/C21H29N5O2/c1-17(16-26-11-5-10-24-26)14-23-21(28)25-12-8-19(9-13-25)20(27)22-15-18-6-3-2-4-7-18/h2-7,10-11,17,19H,8-9,12-16H2,1H3,(H,22,27)(H,23,28). The number of hydrogen-bond acceptors (Lipinski definition) is 3. The number of likely N-dealkylation sites (tertiary alicyclic amines) is 1. The molecule has 2 aromatic rings. The summed E-state index contributed by atoms with van der Waals surface area (Å²) in [5, 5.41) is 10.2. The van der Waals surface area contributed by atoms with E-state index < -0.39 is 0 Å². The molecule has 1 aliphatic rings. The fourth-order valence-electron chi connectivity index (χ4n) is 3.44. The molecule has 1 aromatic carbocycles. The fraction of sp³-hybridized carbons (Fsp3) is 0.476. The van der Waals surface area contributed by atoms with Gasteiger partial charge in [0.15, 0.2) is 0 Å². The number of rotatable bonds is 7. The average molecular weight is 383 g/mol. The smallest absolute Gasteiger partial charge is 0.317 e. The van der Waals surface area contributed by atoms with Crippen LogP contribution in [0.25, 0.3) is 0 Å². The second kappa shape index (κ2) is 9.92. The minimum absolute atomic E-state index is 0.0218. The van der Waals surface area contributed by atoms with Crippen molar-refractivity contribution in [1.82, 2.24) is 25.3 Å². The molecule has 2 N–H and O–H groups in total. The summed E-state index contributed by atoms with van der Waals surface area (Å²) in [6.45, 7) is 5.25. The lowest BCUT2D eigenvalue weighted by Gasteiger charge is -2.31. The van der Waals surface area contributed by atoms with Crippen molar-refractivity contribution >= 4 is 11.9 Å². The van der Waals surface area contributed by atoms with Gasteiger partial charge in [-0.15, -0.1) is 0 Å². The van der Waals surface area contributed by atoms with Crippen LogP contribution in [0, 0.1) is 11.8 Å². The van der Waals surface area contributed by atoms with Gasteiger partial charge in [0.25, 0.3) is 0 Å². The minimum atomic E-state index is -0.0459. The SMILES string of the molecule is CC(CNC(=O)N1CCC(C(=O)NCc2ccccc2)CC1)Cn1cccn1.